The summed E-state index contributed by atoms with van der Waals surface area (Å²) in [5.74, 6) is -0.622. The van der Waals surface area contributed by atoms with Crippen molar-refractivity contribution in [2.45, 2.75) is 96.9 Å². The van der Waals surface area contributed by atoms with Gasteiger partial charge in [0.25, 0.3) is 0 Å². The van der Waals surface area contributed by atoms with Crippen LogP contribution < -0.4 is 5.73 Å². The first-order chi connectivity index (χ1) is 11.4. The van der Waals surface area contributed by atoms with Crippen LogP contribution >= 0.6 is 0 Å². The van der Waals surface area contributed by atoms with Gasteiger partial charge < -0.3 is 15.9 Å². The highest BCUT2D eigenvalue weighted by molar-refractivity contribution is 5.77. The van der Waals surface area contributed by atoms with Crippen molar-refractivity contribution in [3.05, 3.63) is 28.8 Å². The van der Waals surface area contributed by atoms with Crippen LogP contribution in [0.1, 0.15) is 91.8 Å². The summed E-state index contributed by atoms with van der Waals surface area (Å²) in [6, 6.07) is 4.14. The standard InChI is InChI=1S/C22H37NO3/c1-19(2,3)15-12-14(13-16(17(15)24)20(4,5)6)21(7,8)10-11-22(9,23)18(25)26/h12-13,24H,10-11,23H2,1-9H3,(H,25,26). The van der Waals surface area contributed by atoms with Crippen LogP contribution in [0.4, 0.5) is 0 Å². The largest absolute Gasteiger partial charge is 0.507 e. The van der Waals surface area contributed by atoms with Gasteiger partial charge in [-0.3, -0.25) is 4.79 Å². The van der Waals surface area contributed by atoms with Gasteiger partial charge in [-0.15, -0.1) is 0 Å². The Bertz CT molecular complexity index is 639. The molecule has 1 rings (SSSR count). The molecule has 4 N–H and O–H groups in total. The minimum absolute atomic E-state index is 0.195. The number of rotatable bonds is 5. The zero-order valence-electron chi connectivity index (χ0n) is 17.9. The number of hydrogen-bond donors (Lipinski definition) is 3. The summed E-state index contributed by atoms with van der Waals surface area (Å²) >= 11 is 0. The number of aliphatic carboxylic acids is 1. The molecule has 148 valence electrons. The van der Waals surface area contributed by atoms with Crippen LogP contribution in [-0.4, -0.2) is 21.7 Å². The smallest absolute Gasteiger partial charge is 0.323 e. The zero-order chi connectivity index (χ0) is 20.7. The summed E-state index contributed by atoms with van der Waals surface area (Å²) in [6.07, 6.45) is 1.02. The molecule has 0 aliphatic rings. The second kappa shape index (κ2) is 6.88. The molecule has 1 aromatic carbocycles. The first kappa shape index (κ1) is 22.5. The van der Waals surface area contributed by atoms with Gasteiger partial charge in [0, 0.05) is 0 Å². The van der Waals surface area contributed by atoms with E-state index in [1.165, 1.54) is 0 Å². The molecule has 0 saturated carbocycles. The van der Waals surface area contributed by atoms with Crippen LogP contribution in [0.25, 0.3) is 0 Å². The van der Waals surface area contributed by atoms with Crippen molar-refractivity contribution in [3.63, 3.8) is 0 Å². The predicted octanol–water partition coefficient (Wildman–Crippen LogP) is 4.85. The normalized spacial score (nSPS) is 15.6. The zero-order valence-corrected chi connectivity index (χ0v) is 17.9. The second-order valence-electron chi connectivity index (χ2n) is 10.5. The first-order valence-electron chi connectivity index (χ1n) is 9.30. The van der Waals surface area contributed by atoms with Crippen molar-refractivity contribution in [1.29, 1.82) is 0 Å². The molecule has 1 atom stereocenters. The van der Waals surface area contributed by atoms with Crippen molar-refractivity contribution in [1.82, 2.24) is 0 Å². The van der Waals surface area contributed by atoms with Crippen LogP contribution in [0.15, 0.2) is 12.1 Å². The van der Waals surface area contributed by atoms with E-state index in [0.29, 0.717) is 18.6 Å². The molecule has 0 aliphatic carbocycles. The number of aromatic hydroxyl groups is 1. The molecule has 0 bridgehead atoms. The molecule has 4 heteroatoms. The monoisotopic (exact) mass is 363 g/mol. The van der Waals surface area contributed by atoms with Gasteiger partial charge in [0.05, 0.1) is 0 Å². The Morgan fingerprint density at radius 2 is 1.27 bits per heavy atom. The Labute approximate surface area is 158 Å². The average Bonchev–Trinajstić information content (AvgIpc) is 2.42. The van der Waals surface area contributed by atoms with Crippen molar-refractivity contribution in [2.75, 3.05) is 0 Å². The first-order valence-corrected chi connectivity index (χ1v) is 9.30. The van der Waals surface area contributed by atoms with Crippen LogP contribution in [-0.2, 0) is 21.0 Å². The Morgan fingerprint density at radius 1 is 0.885 bits per heavy atom. The summed E-state index contributed by atoms with van der Waals surface area (Å²) in [7, 11) is 0. The molecule has 0 radical (unpaired) electrons. The number of carboxylic acids is 1. The number of carboxylic acid groups (broad SMARTS) is 1. The Hall–Kier alpha value is -1.55. The van der Waals surface area contributed by atoms with E-state index in [1.54, 1.807) is 6.92 Å². The molecule has 0 heterocycles. The third-order valence-electron chi connectivity index (χ3n) is 5.27. The summed E-state index contributed by atoms with van der Waals surface area (Å²) in [5.41, 5.74) is 6.98. The highest BCUT2D eigenvalue weighted by atomic mass is 16.4. The van der Waals surface area contributed by atoms with Crippen molar-refractivity contribution < 1.29 is 15.0 Å². The van der Waals surface area contributed by atoms with Crippen LogP contribution in [0, 0.1) is 0 Å². The molecule has 0 aromatic heterocycles. The van der Waals surface area contributed by atoms with Gasteiger partial charge in [0.2, 0.25) is 0 Å². The lowest BCUT2D eigenvalue weighted by Crippen LogP contribution is -2.45. The maximum atomic E-state index is 11.3. The van der Waals surface area contributed by atoms with Gasteiger partial charge in [-0.1, -0.05) is 67.5 Å². The SMILES string of the molecule is CC(N)(CCC(C)(C)c1cc(C(C)(C)C)c(O)c(C(C)(C)C)c1)C(=O)O. The summed E-state index contributed by atoms with van der Waals surface area (Å²) in [4.78, 5) is 11.3. The van der Waals surface area contributed by atoms with Gasteiger partial charge in [-0.2, -0.15) is 0 Å². The number of benzene rings is 1. The molecular weight excluding hydrogens is 326 g/mol. The second-order valence-corrected chi connectivity index (χ2v) is 10.5. The molecule has 0 saturated heterocycles. The van der Waals surface area contributed by atoms with E-state index in [9.17, 15) is 15.0 Å². The van der Waals surface area contributed by atoms with Gasteiger partial charge in [-0.25, -0.2) is 0 Å². The molecule has 26 heavy (non-hydrogen) atoms. The van der Waals surface area contributed by atoms with Crippen LogP contribution in [0.2, 0.25) is 0 Å². The average molecular weight is 364 g/mol. The molecule has 0 amide bonds. The highest BCUT2D eigenvalue weighted by Gasteiger charge is 2.34. The van der Waals surface area contributed by atoms with Crippen LogP contribution in [0.5, 0.6) is 5.75 Å². The number of phenols is 1. The summed E-state index contributed by atoms with van der Waals surface area (Å²) < 4.78 is 0. The maximum absolute atomic E-state index is 11.3. The lowest BCUT2D eigenvalue weighted by molar-refractivity contribution is -0.143. The Morgan fingerprint density at radius 3 is 1.58 bits per heavy atom. The molecular formula is C22H37NO3. The van der Waals surface area contributed by atoms with E-state index in [4.69, 9.17) is 5.73 Å². The van der Waals surface area contributed by atoms with Crippen molar-refractivity contribution >= 4 is 5.97 Å². The third kappa shape index (κ3) is 5.00. The topological polar surface area (TPSA) is 83.5 Å². The molecule has 1 aromatic rings. The fourth-order valence-corrected chi connectivity index (χ4v) is 2.99. The number of carbonyl (C=O) groups is 1. The van der Waals surface area contributed by atoms with Gasteiger partial charge >= 0.3 is 5.97 Å². The number of phenolic OH excluding ortho intramolecular Hbond substituents is 1. The van der Waals surface area contributed by atoms with Gasteiger partial charge in [0.1, 0.15) is 11.3 Å². The van der Waals surface area contributed by atoms with Crippen molar-refractivity contribution in [3.8, 4) is 5.75 Å². The molecule has 0 spiro atoms. The fraction of sp³-hybridized carbons (Fsp3) is 0.682. The lowest BCUT2D eigenvalue weighted by atomic mass is 9.72. The van der Waals surface area contributed by atoms with Gasteiger partial charge in [0.15, 0.2) is 0 Å². The minimum atomic E-state index is -1.24. The lowest BCUT2D eigenvalue weighted by Gasteiger charge is -2.34. The molecule has 1 unspecified atom stereocenters. The summed E-state index contributed by atoms with van der Waals surface area (Å²) in [5, 5.41) is 20.2. The third-order valence-corrected chi connectivity index (χ3v) is 5.27. The van der Waals surface area contributed by atoms with E-state index in [0.717, 1.165) is 16.7 Å². The van der Waals surface area contributed by atoms with Gasteiger partial charge in [-0.05, 0) is 52.7 Å². The van der Waals surface area contributed by atoms with E-state index in [2.05, 4.69) is 67.5 Å². The van der Waals surface area contributed by atoms with E-state index < -0.39 is 11.5 Å². The predicted molar refractivity (Wildman–Crippen MR) is 108 cm³/mol. The molecule has 0 aliphatic heterocycles. The summed E-state index contributed by atoms with van der Waals surface area (Å²) in [6.45, 7) is 18.3. The van der Waals surface area contributed by atoms with E-state index in [-0.39, 0.29) is 16.2 Å². The van der Waals surface area contributed by atoms with Crippen LogP contribution in [0.3, 0.4) is 0 Å². The number of hydrogen-bond acceptors (Lipinski definition) is 3. The maximum Gasteiger partial charge on any atom is 0.323 e. The Kier molecular flexibility index (Phi) is 5.95. The fourth-order valence-electron chi connectivity index (χ4n) is 2.99. The van der Waals surface area contributed by atoms with E-state index in [1.807, 2.05) is 0 Å². The van der Waals surface area contributed by atoms with E-state index >= 15 is 0 Å². The minimum Gasteiger partial charge on any atom is -0.507 e. The molecule has 0 fully saturated rings. The molecule has 4 nitrogen and oxygen atoms in total. The quantitative estimate of drug-likeness (QED) is 0.698. The number of nitrogens with two attached hydrogens (primary N) is 1. The Balaban J connectivity index is 3.45. The van der Waals surface area contributed by atoms with Crippen molar-refractivity contribution in [2.24, 2.45) is 5.73 Å². The highest BCUT2D eigenvalue weighted by Crippen LogP contribution is 2.43.